The lowest BCUT2D eigenvalue weighted by atomic mass is 9.96. The average Bonchev–Trinajstić information content (AvgIpc) is 2.67. The molecule has 1 heterocycles. The highest BCUT2D eigenvalue weighted by Gasteiger charge is 2.24. The molecule has 0 saturated heterocycles. The first-order chi connectivity index (χ1) is 7.09. The fourth-order valence-electron chi connectivity index (χ4n) is 1.98. The van der Waals surface area contributed by atoms with E-state index in [2.05, 4.69) is 15.5 Å². The van der Waals surface area contributed by atoms with Crippen LogP contribution in [0.25, 0.3) is 0 Å². The van der Waals surface area contributed by atoms with Gasteiger partial charge in [-0.1, -0.05) is 24.4 Å². The molecule has 7 heteroatoms. The van der Waals surface area contributed by atoms with Gasteiger partial charge in [0, 0.05) is 6.26 Å². The predicted molar refractivity (Wildman–Crippen MR) is 53.0 cm³/mol. The van der Waals surface area contributed by atoms with Gasteiger partial charge in [0.2, 0.25) is 9.84 Å². The van der Waals surface area contributed by atoms with Crippen molar-refractivity contribution in [1.82, 2.24) is 20.2 Å². The lowest BCUT2D eigenvalue weighted by Crippen LogP contribution is -2.19. The van der Waals surface area contributed by atoms with Gasteiger partial charge in [-0.2, -0.15) is 0 Å². The number of hydrogen-bond donors (Lipinski definition) is 0. The largest absolute Gasteiger partial charge is 0.267 e. The third kappa shape index (κ3) is 2.17. The van der Waals surface area contributed by atoms with Crippen LogP contribution in [0.5, 0.6) is 0 Å². The first-order valence-corrected chi connectivity index (χ1v) is 6.96. The molecule has 1 aromatic rings. The lowest BCUT2D eigenvalue weighted by Gasteiger charge is -2.21. The van der Waals surface area contributed by atoms with Gasteiger partial charge in [0.25, 0.3) is 5.16 Å². The number of aromatic nitrogens is 4. The molecule has 15 heavy (non-hydrogen) atoms. The number of rotatable bonds is 2. The molecule has 0 unspecified atom stereocenters. The van der Waals surface area contributed by atoms with Crippen LogP contribution in [0.1, 0.15) is 38.1 Å². The van der Waals surface area contributed by atoms with Gasteiger partial charge in [0.15, 0.2) is 0 Å². The molecule has 0 bridgehead atoms. The van der Waals surface area contributed by atoms with Crippen LogP contribution in [0.4, 0.5) is 0 Å². The Bertz CT molecular complexity index is 433. The Kier molecular flexibility index (Phi) is 2.72. The summed E-state index contributed by atoms with van der Waals surface area (Å²) in [7, 11) is -3.31. The zero-order chi connectivity index (χ0) is 10.9. The lowest BCUT2D eigenvalue weighted by molar-refractivity contribution is 0.305. The molecule has 6 nitrogen and oxygen atoms in total. The minimum atomic E-state index is -3.31. The monoisotopic (exact) mass is 230 g/mol. The predicted octanol–water partition coefficient (Wildman–Crippen LogP) is 0.582. The normalized spacial score (nSPS) is 19.3. The van der Waals surface area contributed by atoms with Crippen molar-refractivity contribution in [1.29, 1.82) is 0 Å². The molecule has 1 aliphatic carbocycles. The molecule has 1 fully saturated rings. The maximum atomic E-state index is 11.4. The summed E-state index contributed by atoms with van der Waals surface area (Å²) < 4.78 is 24.3. The molecule has 84 valence electrons. The molecule has 1 saturated carbocycles. The fourth-order valence-corrected chi connectivity index (χ4v) is 2.69. The second-order valence-electron chi connectivity index (χ2n) is 3.97. The fraction of sp³-hybridized carbons (Fsp3) is 0.875. The number of hydrogen-bond acceptors (Lipinski definition) is 5. The molecule has 0 N–H and O–H groups in total. The number of sulfone groups is 1. The highest BCUT2D eigenvalue weighted by molar-refractivity contribution is 7.90. The summed E-state index contributed by atoms with van der Waals surface area (Å²) in [5.74, 6) is 0. The van der Waals surface area contributed by atoms with Gasteiger partial charge in [-0.3, -0.25) is 0 Å². The van der Waals surface area contributed by atoms with Crippen molar-refractivity contribution in [3.8, 4) is 0 Å². The Morgan fingerprint density at radius 3 is 2.53 bits per heavy atom. The first kappa shape index (κ1) is 10.5. The zero-order valence-corrected chi connectivity index (χ0v) is 9.44. The Labute approximate surface area is 88.6 Å². The van der Waals surface area contributed by atoms with Crippen molar-refractivity contribution in [2.75, 3.05) is 6.26 Å². The van der Waals surface area contributed by atoms with Crippen molar-refractivity contribution in [2.45, 2.75) is 43.3 Å². The Morgan fingerprint density at radius 1 is 1.27 bits per heavy atom. The number of tetrazole rings is 1. The topological polar surface area (TPSA) is 77.7 Å². The summed E-state index contributed by atoms with van der Waals surface area (Å²) in [4.78, 5) is 0. The Balaban J connectivity index is 2.32. The first-order valence-electron chi connectivity index (χ1n) is 5.07. The van der Waals surface area contributed by atoms with Gasteiger partial charge in [0.05, 0.1) is 6.04 Å². The summed E-state index contributed by atoms with van der Waals surface area (Å²) in [5.41, 5.74) is 0. The molecule has 0 spiro atoms. The van der Waals surface area contributed by atoms with E-state index in [1.54, 1.807) is 0 Å². The molecule has 1 aromatic heterocycles. The second kappa shape index (κ2) is 3.88. The molecule has 0 amide bonds. The standard InChI is InChI=1S/C8H14N4O2S/c1-15(13,14)8-9-10-11-12(8)7-5-3-2-4-6-7/h7H,2-6H2,1H3. The van der Waals surface area contributed by atoms with Crippen molar-refractivity contribution in [2.24, 2.45) is 0 Å². The third-order valence-corrected chi connectivity index (χ3v) is 3.65. The molecule has 2 rings (SSSR count). The molecule has 1 aliphatic rings. The van der Waals surface area contributed by atoms with Gasteiger partial charge in [-0.05, 0) is 23.3 Å². The summed E-state index contributed by atoms with van der Waals surface area (Å²) in [6, 6.07) is 0.151. The second-order valence-corrected chi connectivity index (χ2v) is 5.88. The minimum Gasteiger partial charge on any atom is -0.221 e. The van der Waals surface area contributed by atoms with Crippen LogP contribution in [0.2, 0.25) is 0 Å². The summed E-state index contributed by atoms with van der Waals surface area (Å²) in [6.45, 7) is 0. The van der Waals surface area contributed by atoms with Crippen molar-refractivity contribution >= 4 is 9.84 Å². The van der Waals surface area contributed by atoms with Gasteiger partial charge in [-0.25, -0.2) is 13.1 Å². The van der Waals surface area contributed by atoms with Crippen molar-refractivity contribution in [3.05, 3.63) is 0 Å². The van der Waals surface area contributed by atoms with Crippen LogP contribution in [0, 0.1) is 0 Å². The van der Waals surface area contributed by atoms with Crippen molar-refractivity contribution < 1.29 is 8.42 Å². The highest BCUT2D eigenvalue weighted by atomic mass is 32.2. The molecule has 0 aliphatic heterocycles. The third-order valence-electron chi connectivity index (χ3n) is 2.71. The van der Waals surface area contributed by atoms with Crippen LogP contribution in [-0.4, -0.2) is 34.9 Å². The molecular formula is C8H14N4O2S. The minimum absolute atomic E-state index is 0.00519. The van der Waals surface area contributed by atoms with E-state index in [1.165, 1.54) is 11.1 Å². The van der Waals surface area contributed by atoms with E-state index < -0.39 is 9.84 Å². The van der Waals surface area contributed by atoms with Gasteiger partial charge < -0.3 is 0 Å². The molecule has 0 radical (unpaired) electrons. The van der Waals surface area contributed by atoms with Crippen LogP contribution >= 0.6 is 0 Å². The van der Waals surface area contributed by atoms with Crippen LogP contribution in [0.3, 0.4) is 0 Å². The van der Waals surface area contributed by atoms with Gasteiger partial charge >= 0.3 is 0 Å². The van der Waals surface area contributed by atoms with E-state index in [1.807, 2.05) is 0 Å². The van der Waals surface area contributed by atoms with E-state index in [4.69, 9.17) is 0 Å². The average molecular weight is 230 g/mol. The molecule has 0 atom stereocenters. The van der Waals surface area contributed by atoms with Crippen LogP contribution in [-0.2, 0) is 9.84 Å². The number of nitrogens with zero attached hydrogens (tertiary/aromatic N) is 4. The smallest absolute Gasteiger partial charge is 0.221 e. The molecule has 0 aromatic carbocycles. The Morgan fingerprint density at radius 2 is 1.93 bits per heavy atom. The Hall–Kier alpha value is -0.980. The van der Waals surface area contributed by atoms with E-state index in [0.29, 0.717) is 0 Å². The van der Waals surface area contributed by atoms with Gasteiger partial charge in [-0.15, -0.1) is 0 Å². The van der Waals surface area contributed by atoms with Crippen LogP contribution < -0.4 is 0 Å². The summed E-state index contributed by atoms with van der Waals surface area (Å²) >= 11 is 0. The zero-order valence-electron chi connectivity index (χ0n) is 8.63. The maximum absolute atomic E-state index is 11.4. The van der Waals surface area contributed by atoms with Crippen LogP contribution in [0.15, 0.2) is 5.16 Å². The van der Waals surface area contributed by atoms with E-state index >= 15 is 0 Å². The van der Waals surface area contributed by atoms with E-state index in [9.17, 15) is 8.42 Å². The highest BCUT2D eigenvalue weighted by Crippen LogP contribution is 2.28. The quantitative estimate of drug-likeness (QED) is 0.742. The summed E-state index contributed by atoms with van der Waals surface area (Å²) in [6.07, 6.45) is 6.52. The molecular weight excluding hydrogens is 216 g/mol. The SMILES string of the molecule is CS(=O)(=O)c1nnnn1C1CCCCC1. The van der Waals surface area contributed by atoms with E-state index in [-0.39, 0.29) is 11.2 Å². The van der Waals surface area contributed by atoms with E-state index in [0.717, 1.165) is 31.9 Å². The summed E-state index contributed by atoms with van der Waals surface area (Å²) in [5, 5.41) is 10.8. The van der Waals surface area contributed by atoms with Crippen molar-refractivity contribution in [3.63, 3.8) is 0 Å². The maximum Gasteiger partial charge on any atom is 0.267 e. The van der Waals surface area contributed by atoms with Gasteiger partial charge in [0.1, 0.15) is 0 Å².